The van der Waals surface area contributed by atoms with Crippen LogP contribution in [0.1, 0.15) is 31.7 Å². The molecule has 120 valence electrons. The Morgan fingerprint density at radius 2 is 2.00 bits per heavy atom. The Hall–Kier alpha value is -0.888. The SMILES string of the molecule is CN.[CH2-]c1ccc(-c2cnc(CCC(C)C)[nH]2)c(OC)c1.[U]. The summed E-state index contributed by atoms with van der Waals surface area (Å²) in [5, 5.41) is 0. The third kappa shape index (κ3) is 6.08. The minimum absolute atomic E-state index is 0. The zero-order valence-electron chi connectivity index (χ0n) is 13.9. The van der Waals surface area contributed by atoms with Crippen LogP contribution >= 0.6 is 0 Å². The third-order valence-corrected chi connectivity index (χ3v) is 3.14. The van der Waals surface area contributed by atoms with Crippen molar-refractivity contribution >= 4 is 0 Å². The van der Waals surface area contributed by atoms with Gasteiger partial charge in [0.15, 0.2) is 0 Å². The predicted molar refractivity (Wildman–Crippen MR) is 88.3 cm³/mol. The number of H-pyrrole nitrogens is 1. The number of aryl methyl sites for hydroxylation is 1. The monoisotopic (exact) mass is 526 g/mol. The average Bonchev–Trinajstić information content (AvgIpc) is 2.95. The summed E-state index contributed by atoms with van der Waals surface area (Å²) >= 11 is 0. The Kier molecular flexibility index (Phi) is 10.3. The molecule has 1 aromatic heterocycles. The van der Waals surface area contributed by atoms with Crippen molar-refractivity contribution in [3.8, 4) is 17.0 Å². The van der Waals surface area contributed by atoms with Crippen molar-refractivity contribution in [1.82, 2.24) is 9.97 Å². The van der Waals surface area contributed by atoms with Gasteiger partial charge in [0.05, 0.1) is 24.8 Å². The normalized spacial score (nSPS) is 9.73. The standard InChI is InChI=1S/C16H21N2O.CH5N.U/c1-11(2)5-8-16-17-10-14(18-16)13-7-6-12(3)9-15(13)19-4;1-2;/h6-7,9-11H,3,5,8H2,1-2,4H3,(H,17,18);2H2,1H3;/q-1;;. The number of methoxy groups -OCH3 is 1. The number of rotatable bonds is 5. The number of nitrogens with two attached hydrogens (primary N) is 1. The summed E-state index contributed by atoms with van der Waals surface area (Å²) in [7, 11) is 3.17. The van der Waals surface area contributed by atoms with Crippen LogP contribution in [0, 0.1) is 44.0 Å². The van der Waals surface area contributed by atoms with E-state index in [1.165, 1.54) is 7.05 Å². The van der Waals surface area contributed by atoms with E-state index in [4.69, 9.17) is 4.74 Å². The second-order valence-electron chi connectivity index (χ2n) is 5.21. The van der Waals surface area contributed by atoms with Crippen LogP contribution in [-0.2, 0) is 6.42 Å². The van der Waals surface area contributed by atoms with Gasteiger partial charge in [-0.3, -0.25) is 0 Å². The molecule has 0 aliphatic carbocycles. The molecule has 3 N–H and O–H groups in total. The van der Waals surface area contributed by atoms with Crippen molar-refractivity contribution in [3.05, 3.63) is 42.7 Å². The van der Waals surface area contributed by atoms with Crippen LogP contribution in [0.3, 0.4) is 0 Å². The van der Waals surface area contributed by atoms with Crippen molar-refractivity contribution in [1.29, 1.82) is 0 Å². The van der Waals surface area contributed by atoms with Gasteiger partial charge in [-0.25, -0.2) is 4.98 Å². The van der Waals surface area contributed by atoms with Gasteiger partial charge < -0.3 is 15.5 Å². The van der Waals surface area contributed by atoms with Crippen LogP contribution in [0.25, 0.3) is 11.3 Å². The Morgan fingerprint density at radius 1 is 1.32 bits per heavy atom. The maximum absolute atomic E-state index is 5.40. The van der Waals surface area contributed by atoms with Gasteiger partial charge >= 0.3 is 0 Å². The Balaban J connectivity index is 0.00000141. The molecule has 0 saturated heterocycles. The molecule has 1 aromatic carbocycles. The molecule has 2 aromatic rings. The molecule has 22 heavy (non-hydrogen) atoms. The number of ether oxygens (including phenoxy) is 1. The maximum atomic E-state index is 5.40. The van der Waals surface area contributed by atoms with E-state index < -0.39 is 0 Å². The largest absolute Gasteiger partial charge is 0.509 e. The summed E-state index contributed by atoms with van der Waals surface area (Å²) in [5.41, 5.74) is 7.47. The van der Waals surface area contributed by atoms with Crippen LogP contribution in [0.15, 0.2) is 24.4 Å². The fourth-order valence-electron chi connectivity index (χ4n) is 2.01. The van der Waals surface area contributed by atoms with Gasteiger partial charge in [-0.15, -0.1) is 12.1 Å². The van der Waals surface area contributed by atoms with Crippen LogP contribution in [0.2, 0.25) is 0 Å². The second-order valence-corrected chi connectivity index (χ2v) is 5.21. The van der Waals surface area contributed by atoms with Gasteiger partial charge in [0.25, 0.3) is 0 Å². The number of benzene rings is 1. The quantitative estimate of drug-likeness (QED) is 0.587. The van der Waals surface area contributed by atoms with Gasteiger partial charge in [-0.2, -0.15) is 18.6 Å². The molecule has 0 aliphatic rings. The van der Waals surface area contributed by atoms with Crippen molar-refractivity contribution in [3.63, 3.8) is 0 Å². The van der Waals surface area contributed by atoms with Gasteiger partial charge in [0.1, 0.15) is 5.82 Å². The van der Waals surface area contributed by atoms with E-state index in [0.29, 0.717) is 5.92 Å². The molecule has 0 amide bonds. The summed E-state index contributed by atoms with van der Waals surface area (Å²) in [4.78, 5) is 7.80. The van der Waals surface area contributed by atoms with Crippen molar-refractivity contribution in [2.24, 2.45) is 11.7 Å². The van der Waals surface area contributed by atoms with Crippen molar-refractivity contribution in [2.75, 3.05) is 14.2 Å². The Morgan fingerprint density at radius 3 is 2.59 bits per heavy atom. The Labute approximate surface area is 157 Å². The number of aromatic amines is 1. The van der Waals surface area contributed by atoms with E-state index in [1.54, 1.807) is 7.11 Å². The molecule has 1 heterocycles. The molecule has 5 heteroatoms. The van der Waals surface area contributed by atoms with Crippen molar-refractivity contribution in [2.45, 2.75) is 26.7 Å². The van der Waals surface area contributed by atoms with Gasteiger partial charge in [0.2, 0.25) is 0 Å². The van der Waals surface area contributed by atoms with E-state index in [0.717, 1.165) is 41.2 Å². The molecule has 4 nitrogen and oxygen atoms in total. The van der Waals surface area contributed by atoms with Gasteiger partial charge in [0, 0.05) is 43.1 Å². The molecular weight excluding hydrogens is 500 g/mol. The molecule has 0 spiro atoms. The molecule has 0 bridgehead atoms. The minimum atomic E-state index is 0. The van der Waals surface area contributed by atoms with E-state index in [2.05, 4.69) is 36.5 Å². The third-order valence-electron chi connectivity index (χ3n) is 3.14. The summed E-state index contributed by atoms with van der Waals surface area (Å²) in [5.74, 6) is 2.55. The molecule has 2 rings (SSSR count). The van der Waals surface area contributed by atoms with Crippen molar-refractivity contribution < 1.29 is 35.9 Å². The van der Waals surface area contributed by atoms with E-state index in [9.17, 15) is 0 Å². The second kappa shape index (κ2) is 10.8. The molecule has 0 radical (unpaired) electrons. The zero-order valence-corrected chi connectivity index (χ0v) is 18.1. The Bertz CT molecular complexity index is 553. The number of nitrogens with zero attached hydrogens (tertiary/aromatic N) is 1. The fourth-order valence-corrected chi connectivity index (χ4v) is 2.01. The molecule has 0 unspecified atom stereocenters. The van der Waals surface area contributed by atoms with E-state index in [-0.39, 0.29) is 31.1 Å². The van der Waals surface area contributed by atoms with Gasteiger partial charge in [-0.1, -0.05) is 13.8 Å². The first-order chi connectivity index (χ1) is 10.1. The summed E-state index contributed by atoms with van der Waals surface area (Å²) < 4.78 is 5.40. The number of hydrogen-bond donors (Lipinski definition) is 2. The minimum Gasteiger partial charge on any atom is -0.509 e. The topological polar surface area (TPSA) is 63.9 Å². The molecule has 0 saturated carbocycles. The first-order valence-electron chi connectivity index (χ1n) is 7.22. The number of nitrogens with one attached hydrogen (secondary N) is 1. The van der Waals surface area contributed by atoms with Crippen LogP contribution in [0.4, 0.5) is 0 Å². The van der Waals surface area contributed by atoms with Crippen LogP contribution in [-0.4, -0.2) is 24.1 Å². The fraction of sp³-hybridized carbons (Fsp3) is 0.412. The summed E-state index contributed by atoms with van der Waals surface area (Å²) in [6.45, 7) is 8.36. The number of aromatic nitrogens is 2. The zero-order chi connectivity index (χ0) is 15.8. The molecular formula is C17H26N3OU-. The molecule has 0 fully saturated rings. The van der Waals surface area contributed by atoms with Gasteiger partial charge in [-0.05, 0) is 19.4 Å². The number of imidazole rings is 1. The molecule has 0 atom stereocenters. The summed E-state index contributed by atoms with van der Waals surface area (Å²) in [6.07, 6.45) is 3.99. The molecule has 0 aliphatic heterocycles. The van der Waals surface area contributed by atoms with Crippen LogP contribution < -0.4 is 10.5 Å². The summed E-state index contributed by atoms with van der Waals surface area (Å²) in [6, 6.07) is 5.93. The average molecular weight is 526 g/mol. The first-order valence-corrected chi connectivity index (χ1v) is 7.22. The van der Waals surface area contributed by atoms with Crippen LogP contribution in [0.5, 0.6) is 5.75 Å². The van der Waals surface area contributed by atoms with E-state index in [1.807, 2.05) is 24.4 Å². The first kappa shape index (κ1) is 21.1. The smallest absolute Gasteiger partial charge is 0.106 e. The van der Waals surface area contributed by atoms with E-state index >= 15 is 0 Å². The number of hydrogen-bond acceptors (Lipinski definition) is 3. The predicted octanol–water partition coefficient (Wildman–Crippen LogP) is 3.43. The maximum Gasteiger partial charge on any atom is 0.106 e.